The summed E-state index contributed by atoms with van der Waals surface area (Å²) in [5.41, 5.74) is -0.760. The largest absolute Gasteiger partial charge is 0.418 e. The van der Waals surface area contributed by atoms with E-state index in [-0.39, 0.29) is 16.8 Å². The molecule has 0 spiro atoms. The van der Waals surface area contributed by atoms with Gasteiger partial charge in [0.15, 0.2) is 5.11 Å². The third-order valence-corrected chi connectivity index (χ3v) is 2.69. The zero-order valence-electron chi connectivity index (χ0n) is 10.1. The van der Waals surface area contributed by atoms with E-state index >= 15 is 0 Å². The number of hydrogen-bond acceptors (Lipinski definition) is 1. The number of thiocarbonyl (C=S) groups is 1. The number of para-hydroxylation sites is 1. The normalized spacial score (nSPS) is 12.9. The average molecular weight is 276 g/mol. The molecule has 0 aliphatic heterocycles. The molecule has 1 atom stereocenters. The lowest BCUT2D eigenvalue weighted by Gasteiger charge is -2.18. The van der Waals surface area contributed by atoms with Crippen molar-refractivity contribution < 1.29 is 13.2 Å². The average Bonchev–Trinajstić information content (AvgIpc) is 2.27. The van der Waals surface area contributed by atoms with Crippen molar-refractivity contribution in [2.45, 2.75) is 32.5 Å². The van der Waals surface area contributed by atoms with E-state index in [0.29, 0.717) is 0 Å². The second-order valence-corrected chi connectivity index (χ2v) is 4.36. The molecule has 1 aromatic carbocycles. The van der Waals surface area contributed by atoms with Crippen LogP contribution >= 0.6 is 12.2 Å². The molecule has 0 radical (unpaired) electrons. The predicted molar refractivity (Wildman–Crippen MR) is 70.6 cm³/mol. The lowest BCUT2D eigenvalue weighted by molar-refractivity contribution is -0.136. The van der Waals surface area contributed by atoms with Gasteiger partial charge in [-0.05, 0) is 37.7 Å². The van der Waals surface area contributed by atoms with Gasteiger partial charge in [-0.25, -0.2) is 0 Å². The van der Waals surface area contributed by atoms with Crippen LogP contribution in [0.1, 0.15) is 25.8 Å². The number of rotatable bonds is 3. The highest BCUT2D eigenvalue weighted by atomic mass is 32.1. The quantitative estimate of drug-likeness (QED) is 0.821. The van der Waals surface area contributed by atoms with Crippen molar-refractivity contribution in [3.05, 3.63) is 29.8 Å². The molecule has 0 amide bonds. The summed E-state index contributed by atoms with van der Waals surface area (Å²) >= 11 is 4.97. The van der Waals surface area contributed by atoms with Crippen LogP contribution in [0.25, 0.3) is 0 Å². The molecule has 1 unspecified atom stereocenters. The van der Waals surface area contributed by atoms with Gasteiger partial charge < -0.3 is 10.6 Å². The molecule has 2 N–H and O–H groups in total. The number of nitrogens with one attached hydrogen (secondary N) is 2. The van der Waals surface area contributed by atoms with E-state index in [1.807, 2.05) is 13.8 Å². The summed E-state index contributed by atoms with van der Waals surface area (Å²) < 4.78 is 38.2. The van der Waals surface area contributed by atoms with E-state index < -0.39 is 11.7 Å². The summed E-state index contributed by atoms with van der Waals surface area (Å²) in [7, 11) is 0. The SMILES string of the molecule is CCC(C)NC(=S)Nc1ccccc1C(F)(F)F. The highest BCUT2D eigenvalue weighted by Gasteiger charge is 2.33. The number of alkyl halides is 3. The third kappa shape index (κ3) is 4.18. The first-order valence-corrected chi connectivity index (χ1v) is 5.99. The van der Waals surface area contributed by atoms with Crippen molar-refractivity contribution in [2.24, 2.45) is 0 Å². The van der Waals surface area contributed by atoms with E-state index in [0.717, 1.165) is 12.5 Å². The first-order chi connectivity index (χ1) is 8.34. The second-order valence-electron chi connectivity index (χ2n) is 3.95. The molecule has 0 aliphatic rings. The van der Waals surface area contributed by atoms with Gasteiger partial charge in [0.25, 0.3) is 0 Å². The van der Waals surface area contributed by atoms with Crippen LogP contribution in [0.15, 0.2) is 24.3 Å². The van der Waals surface area contributed by atoms with Gasteiger partial charge in [-0.15, -0.1) is 0 Å². The Morgan fingerprint density at radius 1 is 1.33 bits per heavy atom. The van der Waals surface area contributed by atoms with Crippen molar-refractivity contribution in [3.63, 3.8) is 0 Å². The molecule has 0 heterocycles. The Morgan fingerprint density at radius 3 is 2.50 bits per heavy atom. The first kappa shape index (κ1) is 14.8. The smallest absolute Gasteiger partial charge is 0.360 e. The van der Waals surface area contributed by atoms with E-state index in [2.05, 4.69) is 10.6 Å². The van der Waals surface area contributed by atoms with Crippen LogP contribution in [-0.4, -0.2) is 11.2 Å². The first-order valence-electron chi connectivity index (χ1n) is 5.58. The van der Waals surface area contributed by atoms with Crippen LogP contribution in [0.4, 0.5) is 18.9 Å². The molecule has 2 nitrogen and oxygen atoms in total. The Morgan fingerprint density at radius 2 is 1.94 bits per heavy atom. The Balaban J connectivity index is 2.82. The van der Waals surface area contributed by atoms with Gasteiger partial charge in [-0.2, -0.15) is 13.2 Å². The van der Waals surface area contributed by atoms with Gasteiger partial charge in [-0.3, -0.25) is 0 Å². The number of anilines is 1. The van der Waals surface area contributed by atoms with Crippen LogP contribution in [0.3, 0.4) is 0 Å². The fourth-order valence-electron chi connectivity index (χ4n) is 1.32. The summed E-state index contributed by atoms with van der Waals surface area (Å²) in [6.45, 7) is 3.87. The minimum Gasteiger partial charge on any atom is -0.360 e. The molecule has 0 aromatic heterocycles. The van der Waals surface area contributed by atoms with Gasteiger partial charge in [0.2, 0.25) is 0 Å². The molecule has 0 saturated carbocycles. The fourth-order valence-corrected chi connectivity index (χ4v) is 1.63. The summed E-state index contributed by atoms with van der Waals surface area (Å²) in [5, 5.41) is 5.69. The van der Waals surface area contributed by atoms with E-state index in [4.69, 9.17) is 12.2 Å². The zero-order valence-corrected chi connectivity index (χ0v) is 11.0. The topological polar surface area (TPSA) is 24.1 Å². The molecular formula is C12H15F3N2S. The summed E-state index contributed by atoms with van der Waals surface area (Å²) in [6, 6.07) is 5.37. The third-order valence-electron chi connectivity index (χ3n) is 2.47. The summed E-state index contributed by atoms with van der Waals surface area (Å²) in [6.07, 6.45) is -3.56. The van der Waals surface area contributed by atoms with Crippen LogP contribution in [0.2, 0.25) is 0 Å². The van der Waals surface area contributed by atoms with Gasteiger partial charge in [0.05, 0.1) is 11.3 Å². The van der Waals surface area contributed by atoms with Crippen molar-refractivity contribution in [3.8, 4) is 0 Å². The fraction of sp³-hybridized carbons (Fsp3) is 0.417. The van der Waals surface area contributed by atoms with Crippen molar-refractivity contribution >= 4 is 23.0 Å². The van der Waals surface area contributed by atoms with E-state index in [9.17, 15) is 13.2 Å². The second kappa shape index (κ2) is 6.04. The monoisotopic (exact) mass is 276 g/mol. The maximum atomic E-state index is 12.7. The Hall–Kier alpha value is -1.30. The van der Waals surface area contributed by atoms with Crippen molar-refractivity contribution in [2.75, 3.05) is 5.32 Å². The predicted octanol–water partition coefficient (Wildman–Crippen LogP) is 3.79. The van der Waals surface area contributed by atoms with Gasteiger partial charge in [-0.1, -0.05) is 19.1 Å². The van der Waals surface area contributed by atoms with Crippen LogP contribution < -0.4 is 10.6 Å². The minimum atomic E-state index is -4.39. The zero-order chi connectivity index (χ0) is 13.8. The highest BCUT2D eigenvalue weighted by molar-refractivity contribution is 7.80. The number of benzene rings is 1. The maximum absolute atomic E-state index is 12.7. The van der Waals surface area contributed by atoms with Crippen LogP contribution in [-0.2, 0) is 6.18 Å². The molecule has 100 valence electrons. The lowest BCUT2D eigenvalue weighted by atomic mass is 10.1. The molecule has 18 heavy (non-hydrogen) atoms. The molecular weight excluding hydrogens is 261 g/mol. The molecule has 0 bridgehead atoms. The lowest BCUT2D eigenvalue weighted by Crippen LogP contribution is -2.35. The van der Waals surface area contributed by atoms with Crippen molar-refractivity contribution in [1.82, 2.24) is 5.32 Å². The van der Waals surface area contributed by atoms with Gasteiger partial charge in [0.1, 0.15) is 0 Å². The summed E-state index contributed by atoms with van der Waals surface area (Å²) in [4.78, 5) is 0. The van der Waals surface area contributed by atoms with Gasteiger partial charge >= 0.3 is 6.18 Å². The molecule has 0 fully saturated rings. The van der Waals surface area contributed by atoms with E-state index in [1.165, 1.54) is 18.2 Å². The molecule has 1 aromatic rings. The Labute approximate surface area is 110 Å². The maximum Gasteiger partial charge on any atom is 0.418 e. The minimum absolute atomic E-state index is 0.0363. The molecule has 0 aliphatic carbocycles. The standard InChI is InChI=1S/C12H15F3N2S/c1-3-8(2)16-11(18)17-10-7-5-4-6-9(10)12(13,14)15/h4-8H,3H2,1-2H3,(H2,16,17,18). The molecule has 6 heteroatoms. The van der Waals surface area contributed by atoms with Crippen LogP contribution in [0.5, 0.6) is 0 Å². The summed E-state index contributed by atoms with van der Waals surface area (Å²) in [5.74, 6) is 0. The molecule has 0 saturated heterocycles. The highest BCUT2D eigenvalue weighted by Crippen LogP contribution is 2.34. The number of hydrogen-bond donors (Lipinski definition) is 2. The Kier molecular flexibility index (Phi) is 4.95. The Bertz CT molecular complexity index is 418. The van der Waals surface area contributed by atoms with E-state index in [1.54, 1.807) is 0 Å². The number of halogens is 3. The van der Waals surface area contributed by atoms with Crippen molar-refractivity contribution in [1.29, 1.82) is 0 Å². The van der Waals surface area contributed by atoms with Crippen LogP contribution in [0, 0.1) is 0 Å². The van der Waals surface area contributed by atoms with Gasteiger partial charge in [0, 0.05) is 6.04 Å². The molecule has 1 rings (SSSR count).